The molecule has 0 fully saturated rings. The highest BCUT2D eigenvalue weighted by molar-refractivity contribution is 5.93. The Morgan fingerprint density at radius 2 is 2.00 bits per heavy atom. The van der Waals surface area contributed by atoms with E-state index < -0.39 is 5.95 Å². The maximum Gasteiger partial charge on any atom is 0.254 e. The van der Waals surface area contributed by atoms with Crippen LogP contribution >= 0.6 is 0 Å². The molecule has 0 aliphatic rings. The van der Waals surface area contributed by atoms with Crippen LogP contribution in [-0.4, -0.2) is 29.4 Å². The highest BCUT2D eigenvalue weighted by atomic mass is 19.1. The molecule has 0 saturated heterocycles. The molecule has 4 nitrogen and oxygen atoms in total. The topological polar surface area (TPSA) is 42.4 Å². The van der Waals surface area contributed by atoms with Crippen LogP contribution in [0.15, 0.2) is 42.6 Å². The van der Waals surface area contributed by atoms with E-state index >= 15 is 0 Å². The van der Waals surface area contributed by atoms with Gasteiger partial charge in [0.1, 0.15) is 5.75 Å². The summed E-state index contributed by atoms with van der Waals surface area (Å²) in [5.74, 6) is -0.105. The number of carbonyl (C=O) groups excluding carboxylic acids is 1. The highest BCUT2D eigenvalue weighted by Gasteiger charge is 2.13. The molecule has 0 aliphatic heterocycles. The van der Waals surface area contributed by atoms with Crippen LogP contribution in [0.25, 0.3) is 0 Å². The van der Waals surface area contributed by atoms with Gasteiger partial charge in [-0.3, -0.25) is 4.79 Å². The first-order valence-electron chi connectivity index (χ1n) is 6.69. The van der Waals surface area contributed by atoms with Gasteiger partial charge in [0.25, 0.3) is 5.91 Å². The van der Waals surface area contributed by atoms with Crippen LogP contribution in [-0.2, 0) is 6.54 Å². The number of rotatable bonds is 5. The van der Waals surface area contributed by atoms with E-state index in [1.165, 1.54) is 17.2 Å². The Bertz CT molecular complexity index is 614. The second-order valence-electron chi connectivity index (χ2n) is 4.61. The minimum Gasteiger partial charge on any atom is -0.494 e. The molecule has 0 aliphatic carbocycles. The Morgan fingerprint density at radius 3 is 2.62 bits per heavy atom. The normalized spacial score (nSPS) is 10.2. The predicted molar refractivity (Wildman–Crippen MR) is 77.6 cm³/mol. The molecule has 0 bridgehead atoms. The molecule has 0 N–H and O–H groups in total. The zero-order valence-corrected chi connectivity index (χ0v) is 12.0. The number of pyridine rings is 1. The lowest BCUT2D eigenvalue weighted by molar-refractivity contribution is 0.0784. The molecule has 0 radical (unpaired) electrons. The molecular weight excluding hydrogens is 271 g/mol. The van der Waals surface area contributed by atoms with Crippen molar-refractivity contribution in [2.75, 3.05) is 13.7 Å². The smallest absolute Gasteiger partial charge is 0.254 e. The number of nitrogens with zero attached hydrogens (tertiary/aromatic N) is 2. The standard InChI is InChI=1S/C16H17FN2O2/c1-3-21-14-6-4-12(5-7-14)11-19(2)16(20)13-8-9-18-15(17)10-13/h4-10H,3,11H2,1-2H3. The van der Waals surface area contributed by atoms with Crippen LogP contribution in [0.4, 0.5) is 4.39 Å². The van der Waals surface area contributed by atoms with E-state index in [1.54, 1.807) is 7.05 Å². The second kappa shape index (κ2) is 6.83. The lowest BCUT2D eigenvalue weighted by Crippen LogP contribution is -2.26. The van der Waals surface area contributed by atoms with E-state index in [4.69, 9.17) is 4.74 Å². The average Bonchev–Trinajstić information content (AvgIpc) is 2.48. The summed E-state index contributed by atoms with van der Waals surface area (Å²) in [6.45, 7) is 2.98. The number of halogens is 1. The SMILES string of the molecule is CCOc1ccc(CN(C)C(=O)c2ccnc(F)c2)cc1. The summed E-state index contributed by atoms with van der Waals surface area (Å²) in [4.78, 5) is 17.2. The maximum absolute atomic E-state index is 13.0. The van der Waals surface area contributed by atoms with Crippen LogP contribution in [0, 0.1) is 5.95 Å². The van der Waals surface area contributed by atoms with Gasteiger partial charge in [-0.1, -0.05) is 12.1 Å². The Kier molecular flexibility index (Phi) is 4.87. The Morgan fingerprint density at radius 1 is 1.29 bits per heavy atom. The van der Waals surface area contributed by atoms with Gasteiger partial charge in [0.2, 0.25) is 5.95 Å². The van der Waals surface area contributed by atoms with Crippen molar-refractivity contribution in [3.8, 4) is 5.75 Å². The summed E-state index contributed by atoms with van der Waals surface area (Å²) in [6.07, 6.45) is 1.29. The van der Waals surface area contributed by atoms with Crippen LogP contribution < -0.4 is 4.74 Å². The van der Waals surface area contributed by atoms with Gasteiger partial charge in [-0.25, -0.2) is 4.98 Å². The fourth-order valence-corrected chi connectivity index (χ4v) is 1.96. The molecule has 2 rings (SSSR count). The summed E-state index contributed by atoms with van der Waals surface area (Å²) in [7, 11) is 1.68. The molecule has 0 saturated carbocycles. The molecular formula is C16H17FN2O2. The lowest BCUT2D eigenvalue weighted by atomic mass is 10.2. The minimum atomic E-state index is -0.657. The molecule has 1 amide bonds. The zero-order valence-electron chi connectivity index (χ0n) is 12.0. The quantitative estimate of drug-likeness (QED) is 0.794. The number of hydrogen-bond donors (Lipinski definition) is 0. The summed E-state index contributed by atoms with van der Waals surface area (Å²) in [5, 5.41) is 0. The first-order chi connectivity index (χ1) is 10.1. The predicted octanol–water partition coefficient (Wildman–Crippen LogP) is 2.89. The summed E-state index contributed by atoms with van der Waals surface area (Å²) >= 11 is 0. The largest absolute Gasteiger partial charge is 0.494 e. The Balaban J connectivity index is 2.03. The van der Waals surface area contributed by atoms with Gasteiger partial charge in [0.15, 0.2) is 0 Å². The second-order valence-corrected chi connectivity index (χ2v) is 4.61. The van der Waals surface area contributed by atoms with Crippen molar-refractivity contribution >= 4 is 5.91 Å². The molecule has 2 aromatic rings. The van der Waals surface area contributed by atoms with Crippen molar-refractivity contribution in [1.29, 1.82) is 0 Å². The van der Waals surface area contributed by atoms with Gasteiger partial charge in [-0.15, -0.1) is 0 Å². The third kappa shape index (κ3) is 4.02. The van der Waals surface area contributed by atoms with Gasteiger partial charge in [-0.05, 0) is 30.7 Å². The summed E-state index contributed by atoms with van der Waals surface area (Å²) in [5.41, 5.74) is 1.26. The van der Waals surface area contributed by atoms with Crippen molar-refractivity contribution in [3.05, 3.63) is 59.7 Å². The van der Waals surface area contributed by atoms with Gasteiger partial charge in [-0.2, -0.15) is 4.39 Å². The third-order valence-corrected chi connectivity index (χ3v) is 2.97. The molecule has 21 heavy (non-hydrogen) atoms. The van der Waals surface area contributed by atoms with Crippen molar-refractivity contribution in [2.45, 2.75) is 13.5 Å². The molecule has 0 spiro atoms. The lowest BCUT2D eigenvalue weighted by Gasteiger charge is -2.17. The summed E-state index contributed by atoms with van der Waals surface area (Å²) < 4.78 is 18.4. The van der Waals surface area contributed by atoms with Gasteiger partial charge >= 0.3 is 0 Å². The van der Waals surface area contributed by atoms with E-state index in [9.17, 15) is 9.18 Å². The Labute approximate surface area is 123 Å². The van der Waals surface area contributed by atoms with E-state index in [0.717, 1.165) is 17.4 Å². The van der Waals surface area contributed by atoms with Crippen LogP contribution in [0.2, 0.25) is 0 Å². The van der Waals surface area contributed by atoms with Gasteiger partial charge < -0.3 is 9.64 Å². The van der Waals surface area contributed by atoms with Gasteiger partial charge in [0, 0.05) is 31.4 Å². The maximum atomic E-state index is 13.0. The van der Waals surface area contributed by atoms with E-state index in [-0.39, 0.29) is 11.5 Å². The van der Waals surface area contributed by atoms with Crippen LogP contribution in [0.3, 0.4) is 0 Å². The molecule has 0 unspecified atom stereocenters. The fraction of sp³-hybridized carbons (Fsp3) is 0.250. The molecule has 1 aromatic carbocycles. The monoisotopic (exact) mass is 288 g/mol. The number of amides is 1. The highest BCUT2D eigenvalue weighted by Crippen LogP contribution is 2.14. The van der Waals surface area contributed by atoms with E-state index in [2.05, 4.69) is 4.98 Å². The first-order valence-corrected chi connectivity index (χ1v) is 6.69. The van der Waals surface area contributed by atoms with Crippen molar-refractivity contribution in [1.82, 2.24) is 9.88 Å². The molecule has 0 atom stereocenters. The fourth-order valence-electron chi connectivity index (χ4n) is 1.96. The van der Waals surface area contributed by atoms with Crippen LogP contribution in [0.1, 0.15) is 22.8 Å². The molecule has 1 aromatic heterocycles. The van der Waals surface area contributed by atoms with Gasteiger partial charge in [0.05, 0.1) is 6.61 Å². The Hall–Kier alpha value is -2.43. The number of benzene rings is 1. The number of ether oxygens (including phenoxy) is 1. The summed E-state index contributed by atoms with van der Waals surface area (Å²) in [6, 6.07) is 10.2. The minimum absolute atomic E-state index is 0.245. The first kappa shape index (κ1) is 15.0. The van der Waals surface area contributed by atoms with Crippen molar-refractivity contribution in [2.24, 2.45) is 0 Å². The number of carbonyl (C=O) groups is 1. The number of aromatic nitrogens is 1. The van der Waals surface area contributed by atoms with E-state index in [0.29, 0.717) is 13.2 Å². The van der Waals surface area contributed by atoms with E-state index in [1.807, 2.05) is 31.2 Å². The molecule has 5 heteroatoms. The van der Waals surface area contributed by atoms with Crippen molar-refractivity contribution < 1.29 is 13.9 Å². The average molecular weight is 288 g/mol. The zero-order chi connectivity index (χ0) is 15.2. The molecule has 110 valence electrons. The number of hydrogen-bond acceptors (Lipinski definition) is 3. The third-order valence-electron chi connectivity index (χ3n) is 2.97. The van der Waals surface area contributed by atoms with Crippen LogP contribution in [0.5, 0.6) is 5.75 Å². The van der Waals surface area contributed by atoms with Crippen molar-refractivity contribution in [3.63, 3.8) is 0 Å². The molecule has 1 heterocycles.